The second-order valence-corrected chi connectivity index (χ2v) is 6.61. The van der Waals surface area contributed by atoms with Gasteiger partial charge in [-0.15, -0.1) is 11.3 Å². The van der Waals surface area contributed by atoms with Crippen LogP contribution < -0.4 is 15.4 Å². The van der Waals surface area contributed by atoms with Gasteiger partial charge >= 0.3 is 0 Å². The Labute approximate surface area is 160 Å². The number of para-hydroxylation sites is 1. The molecule has 1 heterocycles. The minimum Gasteiger partial charge on any atom is -0.489 e. The molecule has 0 atom stereocenters. The summed E-state index contributed by atoms with van der Waals surface area (Å²) in [4.78, 5) is 9.27. The molecule has 0 saturated carbocycles. The summed E-state index contributed by atoms with van der Waals surface area (Å²) in [6.45, 7) is 10.5. The number of benzene rings is 1. The molecule has 0 spiro atoms. The Hall–Kier alpha value is -2.34. The average molecular weight is 373 g/mol. The summed E-state index contributed by atoms with van der Waals surface area (Å²) in [6, 6.07) is 7.96. The maximum Gasteiger partial charge on any atom is 0.191 e. The number of rotatable bonds is 10. The second-order valence-electron chi connectivity index (χ2n) is 5.67. The van der Waals surface area contributed by atoms with Gasteiger partial charge in [0.15, 0.2) is 5.96 Å². The highest BCUT2D eigenvalue weighted by Gasteiger charge is 2.04. The zero-order chi connectivity index (χ0) is 18.6. The van der Waals surface area contributed by atoms with Crippen LogP contribution in [0.5, 0.6) is 5.75 Å². The van der Waals surface area contributed by atoms with E-state index in [0.29, 0.717) is 13.2 Å². The van der Waals surface area contributed by atoms with Gasteiger partial charge in [0.2, 0.25) is 0 Å². The van der Waals surface area contributed by atoms with Gasteiger partial charge in [-0.2, -0.15) is 0 Å². The number of nitrogens with zero attached hydrogens (tertiary/aromatic N) is 2. The summed E-state index contributed by atoms with van der Waals surface area (Å²) in [7, 11) is 0. The van der Waals surface area contributed by atoms with Gasteiger partial charge in [0.25, 0.3) is 0 Å². The topological polar surface area (TPSA) is 58.5 Å². The predicted molar refractivity (Wildman–Crippen MR) is 110 cm³/mol. The number of ether oxygens (including phenoxy) is 1. The van der Waals surface area contributed by atoms with E-state index < -0.39 is 0 Å². The van der Waals surface area contributed by atoms with Crippen molar-refractivity contribution in [3.05, 3.63) is 58.6 Å². The van der Waals surface area contributed by atoms with E-state index in [4.69, 9.17) is 4.74 Å². The van der Waals surface area contributed by atoms with Crippen LogP contribution in [-0.2, 0) is 19.4 Å². The van der Waals surface area contributed by atoms with Crippen molar-refractivity contribution in [1.29, 1.82) is 0 Å². The molecule has 0 aliphatic heterocycles. The fraction of sp³-hybridized carbons (Fsp3) is 0.400. The number of aliphatic imine (C=N–C) groups is 1. The second kappa shape index (κ2) is 11.3. The highest BCUT2D eigenvalue weighted by molar-refractivity contribution is 7.09. The highest BCUT2D eigenvalue weighted by Crippen LogP contribution is 2.18. The first-order valence-corrected chi connectivity index (χ1v) is 9.91. The third kappa shape index (κ3) is 6.52. The summed E-state index contributed by atoms with van der Waals surface area (Å²) in [6.07, 6.45) is 3.63. The Kier molecular flexibility index (Phi) is 8.69. The molecule has 0 radical (unpaired) electrons. The van der Waals surface area contributed by atoms with Crippen LogP contribution in [0.15, 0.2) is 47.3 Å². The maximum atomic E-state index is 5.70. The Bertz CT molecular complexity index is 711. The van der Waals surface area contributed by atoms with Crippen molar-refractivity contribution in [2.45, 2.75) is 33.2 Å². The van der Waals surface area contributed by atoms with Crippen LogP contribution in [0.3, 0.4) is 0 Å². The molecule has 1 aromatic heterocycles. The maximum absolute atomic E-state index is 5.70. The number of aromatic nitrogens is 1. The fourth-order valence-corrected chi connectivity index (χ4v) is 3.14. The van der Waals surface area contributed by atoms with Crippen LogP contribution in [-0.4, -0.2) is 30.6 Å². The number of hydrogen-bond acceptors (Lipinski definition) is 4. The van der Waals surface area contributed by atoms with Crippen molar-refractivity contribution >= 4 is 17.3 Å². The van der Waals surface area contributed by atoms with E-state index in [9.17, 15) is 0 Å². The third-order valence-corrected chi connectivity index (χ3v) is 4.70. The number of thiazole rings is 1. The Morgan fingerprint density at radius 3 is 2.88 bits per heavy atom. The largest absolute Gasteiger partial charge is 0.489 e. The quantitative estimate of drug-likeness (QED) is 0.380. The molecule has 0 aliphatic carbocycles. The zero-order valence-corrected chi connectivity index (χ0v) is 16.4. The zero-order valence-electron chi connectivity index (χ0n) is 15.6. The number of guanidine groups is 1. The molecule has 26 heavy (non-hydrogen) atoms. The number of nitrogens with one attached hydrogen (secondary N) is 2. The lowest BCUT2D eigenvalue weighted by atomic mass is 10.2. The van der Waals surface area contributed by atoms with E-state index in [1.165, 1.54) is 5.01 Å². The molecule has 140 valence electrons. The summed E-state index contributed by atoms with van der Waals surface area (Å²) < 4.78 is 5.70. The van der Waals surface area contributed by atoms with Crippen LogP contribution >= 0.6 is 11.3 Å². The van der Waals surface area contributed by atoms with Gasteiger partial charge in [0.1, 0.15) is 12.4 Å². The standard InChI is InChI=1S/C20H28N4OS/c1-4-13-25-18-10-8-7-9-16(18)14-23-20(21-6-3)22-12-11-17-15-26-19(5-2)24-17/h4,7-10,15H,1,5-6,11-14H2,2-3H3,(H2,21,22,23). The summed E-state index contributed by atoms with van der Waals surface area (Å²) in [5, 5.41) is 9.99. The van der Waals surface area contributed by atoms with Crippen LogP contribution in [0.4, 0.5) is 0 Å². The van der Waals surface area contributed by atoms with Crippen molar-refractivity contribution in [2.24, 2.45) is 4.99 Å². The minimum absolute atomic E-state index is 0.492. The fourth-order valence-electron chi connectivity index (χ4n) is 2.37. The third-order valence-electron chi connectivity index (χ3n) is 3.66. The van der Waals surface area contributed by atoms with E-state index in [0.717, 1.165) is 48.9 Å². The van der Waals surface area contributed by atoms with Crippen LogP contribution in [0, 0.1) is 0 Å². The lowest BCUT2D eigenvalue weighted by Crippen LogP contribution is -2.38. The predicted octanol–water partition coefficient (Wildman–Crippen LogP) is 3.57. The summed E-state index contributed by atoms with van der Waals surface area (Å²) in [5.41, 5.74) is 2.19. The SMILES string of the molecule is C=CCOc1ccccc1CN=C(NCC)NCCc1csc(CC)n1. The van der Waals surface area contributed by atoms with Gasteiger partial charge < -0.3 is 15.4 Å². The van der Waals surface area contributed by atoms with E-state index in [-0.39, 0.29) is 0 Å². The molecule has 0 saturated heterocycles. The van der Waals surface area contributed by atoms with E-state index in [2.05, 4.69) is 46.4 Å². The first kappa shape index (κ1) is 20.0. The Morgan fingerprint density at radius 1 is 1.31 bits per heavy atom. The first-order valence-electron chi connectivity index (χ1n) is 9.03. The first-order chi connectivity index (χ1) is 12.8. The molecule has 1 aromatic carbocycles. The monoisotopic (exact) mass is 372 g/mol. The highest BCUT2D eigenvalue weighted by atomic mass is 32.1. The molecule has 2 aromatic rings. The van der Waals surface area contributed by atoms with Crippen molar-refractivity contribution < 1.29 is 4.74 Å². The Balaban J connectivity index is 1.92. The normalized spacial score (nSPS) is 11.2. The molecule has 0 bridgehead atoms. The van der Waals surface area contributed by atoms with Crippen molar-refractivity contribution in [2.75, 3.05) is 19.7 Å². The van der Waals surface area contributed by atoms with Crippen molar-refractivity contribution in [1.82, 2.24) is 15.6 Å². The van der Waals surface area contributed by atoms with Gasteiger partial charge in [0.05, 0.1) is 17.2 Å². The molecule has 0 amide bonds. The van der Waals surface area contributed by atoms with Gasteiger partial charge in [0, 0.05) is 30.5 Å². The number of hydrogen-bond donors (Lipinski definition) is 2. The van der Waals surface area contributed by atoms with Crippen LogP contribution in [0.25, 0.3) is 0 Å². The lowest BCUT2D eigenvalue weighted by Gasteiger charge is -2.12. The van der Waals surface area contributed by atoms with Crippen molar-refractivity contribution in [3.8, 4) is 5.75 Å². The molecule has 2 rings (SSSR count). The minimum atomic E-state index is 0.492. The molecular weight excluding hydrogens is 344 g/mol. The van der Waals surface area contributed by atoms with Crippen LogP contribution in [0.1, 0.15) is 30.1 Å². The van der Waals surface area contributed by atoms with Gasteiger partial charge in [-0.1, -0.05) is 37.8 Å². The summed E-state index contributed by atoms with van der Waals surface area (Å²) in [5.74, 6) is 1.65. The van der Waals surface area contributed by atoms with E-state index >= 15 is 0 Å². The smallest absolute Gasteiger partial charge is 0.191 e. The van der Waals surface area contributed by atoms with E-state index in [1.807, 2.05) is 24.3 Å². The molecule has 2 N–H and O–H groups in total. The van der Waals surface area contributed by atoms with E-state index in [1.54, 1.807) is 17.4 Å². The number of aryl methyl sites for hydroxylation is 1. The van der Waals surface area contributed by atoms with Gasteiger partial charge in [-0.25, -0.2) is 9.98 Å². The van der Waals surface area contributed by atoms with Gasteiger partial charge in [-0.3, -0.25) is 0 Å². The molecular formula is C20H28N4OS. The molecule has 0 aliphatic rings. The molecule has 6 heteroatoms. The molecule has 0 unspecified atom stereocenters. The van der Waals surface area contributed by atoms with Gasteiger partial charge in [-0.05, 0) is 19.4 Å². The van der Waals surface area contributed by atoms with Crippen LogP contribution in [0.2, 0.25) is 0 Å². The average Bonchev–Trinajstić information content (AvgIpc) is 3.13. The van der Waals surface area contributed by atoms with Crippen molar-refractivity contribution in [3.63, 3.8) is 0 Å². The Morgan fingerprint density at radius 2 is 2.15 bits per heavy atom. The molecule has 0 fully saturated rings. The lowest BCUT2D eigenvalue weighted by molar-refractivity contribution is 0.359. The summed E-state index contributed by atoms with van der Waals surface area (Å²) >= 11 is 1.73. The molecule has 5 nitrogen and oxygen atoms in total.